The summed E-state index contributed by atoms with van der Waals surface area (Å²) in [6, 6.07) is 15.4. The third-order valence-corrected chi connectivity index (χ3v) is 4.23. The van der Waals surface area contributed by atoms with E-state index in [1.54, 1.807) is 7.11 Å². The van der Waals surface area contributed by atoms with Crippen LogP contribution in [0.5, 0.6) is 11.5 Å². The highest BCUT2D eigenvalue weighted by molar-refractivity contribution is 14.0. The van der Waals surface area contributed by atoms with Gasteiger partial charge in [-0.25, -0.2) is 4.99 Å². The fourth-order valence-electron chi connectivity index (χ4n) is 2.82. The first kappa shape index (κ1) is 26.5. The lowest BCUT2D eigenvalue weighted by atomic mass is 10.1. The van der Waals surface area contributed by atoms with Gasteiger partial charge in [-0.3, -0.25) is 4.79 Å². The predicted octanol–water partition coefficient (Wildman–Crippen LogP) is 3.84. The molecule has 3 N–H and O–H groups in total. The maximum atomic E-state index is 11.1. The molecule has 7 nitrogen and oxygen atoms in total. The number of anilines is 1. The molecule has 0 aliphatic rings. The molecule has 1 amide bonds. The van der Waals surface area contributed by atoms with Crippen LogP contribution in [-0.2, 0) is 11.2 Å². The van der Waals surface area contributed by atoms with Gasteiger partial charge >= 0.3 is 0 Å². The molecule has 1 atom stereocenters. The Labute approximate surface area is 202 Å². The van der Waals surface area contributed by atoms with E-state index in [9.17, 15) is 4.79 Å². The van der Waals surface area contributed by atoms with Gasteiger partial charge in [0.2, 0.25) is 5.91 Å². The van der Waals surface area contributed by atoms with E-state index in [4.69, 9.17) is 9.47 Å². The standard InChI is InChI=1S/C23H32N4O3.HI/c1-5-24-23(25-15-14-19-10-12-20(13-11-19)27-18(3)28)26-16-17(2)30-22-9-7-6-8-21(22)29-4;/h6-13,17H,5,14-16H2,1-4H3,(H,27,28)(H2,24,25,26);1H. The molecule has 170 valence electrons. The summed E-state index contributed by atoms with van der Waals surface area (Å²) in [5.74, 6) is 2.11. The topological polar surface area (TPSA) is 84.0 Å². The largest absolute Gasteiger partial charge is 0.493 e. The Morgan fingerprint density at radius 1 is 1.06 bits per heavy atom. The molecule has 0 radical (unpaired) electrons. The van der Waals surface area contributed by atoms with Crippen molar-refractivity contribution in [2.24, 2.45) is 4.99 Å². The summed E-state index contributed by atoms with van der Waals surface area (Å²) in [4.78, 5) is 15.7. The van der Waals surface area contributed by atoms with Crippen molar-refractivity contribution in [1.29, 1.82) is 0 Å². The van der Waals surface area contributed by atoms with Gasteiger partial charge in [-0.1, -0.05) is 24.3 Å². The molecule has 1 unspecified atom stereocenters. The zero-order valence-corrected chi connectivity index (χ0v) is 20.9. The Kier molecular flexibility index (Phi) is 12.4. The van der Waals surface area contributed by atoms with Gasteiger partial charge in [-0.05, 0) is 50.1 Å². The summed E-state index contributed by atoms with van der Waals surface area (Å²) < 4.78 is 11.3. The summed E-state index contributed by atoms with van der Waals surface area (Å²) in [5, 5.41) is 9.37. The number of para-hydroxylation sites is 2. The molecular weight excluding hydrogens is 507 g/mol. The molecule has 0 saturated carbocycles. The smallest absolute Gasteiger partial charge is 0.221 e. The minimum absolute atomic E-state index is 0. The van der Waals surface area contributed by atoms with Crippen LogP contribution in [0.1, 0.15) is 26.3 Å². The van der Waals surface area contributed by atoms with Gasteiger partial charge < -0.3 is 25.4 Å². The number of hydrogen-bond acceptors (Lipinski definition) is 4. The second kappa shape index (κ2) is 14.5. The van der Waals surface area contributed by atoms with Crippen molar-refractivity contribution in [3.63, 3.8) is 0 Å². The molecule has 0 aliphatic carbocycles. The van der Waals surface area contributed by atoms with Gasteiger partial charge in [-0.15, -0.1) is 24.0 Å². The molecule has 31 heavy (non-hydrogen) atoms. The quantitative estimate of drug-likeness (QED) is 0.243. The number of nitrogens with zero attached hydrogens (tertiary/aromatic N) is 1. The predicted molar refractivity (Wildman–Crippen MR) is 137 cm³/mol. The van der Waals surface area contributed by atoms with Crippen molar-refractivity contribution in [3.05, 3.63) is 54.1 Å². The molecule has 2 aromatic carbocycles. The summed E-state index contributed by atoms with van der Waals surface area (Å²) in [7, 11) is 1.63. The SMILES string of the molecule is CCNC(=NCC(C)Oc1ccccc1OC)NCCc1ccc(NC(C)=O)cc1.I. The molecule has 0 saturated heterocycles. The Morgan fingerprint density at radius 3 is 2.35 bits per heavy atom. The second-order valence-corrected chi connectivity index (χ2v) is 6.85. The number of amides is 1. The monoisotopic (exact) mass is 540 g/mol. The number of methoxy groups -OCH3 is 1. The van der Waals surface area contributed by atoms with E-state index in [1.165, 1.54) is 12.5 Å². The molecular formula is C23H33IN4O3. The van der Waals surface area contributed by atoms with Crippen LogP contribution in [0.2, 0.25) is 0 Å². The zero-order chi connectivity index (χ0) is 21.8. The summed E-state index contributed by atoms with van der Waals surface area (Å²) in [6.45, 7) is 7.55. The minimum atomic E-state index is -0.0990. The summed E-state index contributed by atoms with van der Waals surface area (Å²) >= 11 is 0. The molecule has 0 spiro atoms. The van der Waals surface area contributed by atoms with Gasteiger partial charge in [0.05, 0.1) is 13.7 Å². The first-order valence-corrected chi connectivity index (χ1v) is 10.2. The van der Waals surface area contributed by atoms with E-state index in [-0.39, 0.29) is 36.0 Å². The molecule has 0 heterocycles. The van der Waals surface area contributed by atoms with Gasteiger partial charge in [0.15, 0.2) is 17.5 Å². The zero-order valence-electron chi connectivity index (χ0n) is 18.6. The molecule has 2 aromatic rings. The summed E-state index contributed by atoms with van der Waals surface area (Å²) in [5.41, 5.74) is 1.98. The Bertz CT molecular complexity index is 828. The molecule has 8 heteroatoms. The van der Waals surface area contributed by atoms with Crippen LogP contribution in [0.3, 0.4) is 0 Å². The van der Waals surface area contributed by atoms with Gasteiger partial charge in [0.1, 0.15) is 6.10 Å². The van der Waals surface area contributed by atoms with Gasteiger partial charge in [0.25, 0.3) is 0 Å². The molecule has 0 bridgehead atoms. The van der Waals surface area contributed by atoms with E-state index < -0.39 is 0 Å². The first-order valence-electron chi connectivity index (χ1n) is 10.2. The molecule has 0 fully saturated rings. The Morgan fingerprint density at radius 2 is 1.74 bits per heavy atom. The highest BCUT2D eigenvalue weighted by atomic mass is 127. The van der Waals surface area contributed by atoms with E-state index >= 15 is 0 Å². The van der Waals surface area contributed by atoms with Crippen molar-refractivity contribution in [3.8, 4) is 11.5 Å². The van der Waals surface area contributed by atoms with Crippen LogP contribution in [0.4, 0.5) is 5.69 Å². The maximum Gasteiger partial charge on any atom is 0.221 e. The highest BCUT2D eigenvalue weighted by Crippen LogP contribution is 2.26. The average molecular weight is 540 g/mol. The number of guanidine groups is 1. The first-order chi connectivity index (χ1) is 14.5. The van der Waals surface area contributed by atoms with Crippen molar-refractivity contribution in [2.75, 3.05) is 32.1 Å². The number of carbonyl (C=O) groups excluding carboxylic acids is 1. The number of rotatable bonds is 10. The Hall–Kier alpha value is -2.49. The highest BCUT2D eigenvalue weighted by Gasteiger charge is 2.08. The number of aliphatic imine (C=N–C) groups is 1. The molecule has 0 aliphatic heterocycles. The van der Waals surface area contributed by atoms with Crippen molar-refractivity contribution in [1.82, 2.24) is 10.6 Å². The van der Waals surface area contributed by atoms with Gasteiger partial charge in [0, 0.05) is 25.7 Å². The number of carbonyl (C=O) groups is 1. The number of hydrogen-bond donors (Lipinski definition) is 3. The van der Waals surface area contributed by atoms with Crippen LogP contribution < -0.4 is 25.4 Å². The van der Waals surface area contributed by atoms with Crippen LogP contribution in [0.15, 0.2) is 53.5 Å². The maximum absolute atomic E-state index is 11.1. The van der Waals surface area contributed by atoms with Gasteiger partial charge in [-0.2, -0.15) is 0 Å². The van der Waals surface area contributed by atoms with E-state index in [1.807, 2.05) is 62.4 Å². The lowest BCUT2D eigenvalue weighted by molar-refractivity contribution is -0.114. The number of benzene rings is 2. The van der Waals surface area contributed by atoms with Crippen molar-refractivity contribution >= 4 is 41.5 Å². The third kappa shape index (κ3) is 9.91. The van der Waals surface area contributed by atoms with Crippen molar-refractivity contribution in [2.45, 2.75) is 33.3 Å². The number of ether oxygens (including phenoxy) is 2. The third-order valence-electron chi connectivity index (χ3n) is 4.23. The van der Waals surface area contributed by atoms with E-state index in [2.05, 4.69) is 20.9 Å². The van der Waals surface area contributed by atoms with E-state index in [0.717, 1.165) is 31.2 Å². The van der Waals surface area contributed by atoms with Crippen LogP contribution in [-0.4, -0.2) is 44.7 Å². The Balaban J connectivity index is 0.00000480. The fraction of sp³-hybridized carbons (Fsp3) is 0.391. The number of halogens is 1. The summed E-state index contributed by atoms with van der Waals surface area (Å²) in [6.07, 6.45) is 0.746. The second-order valence-electron chi connectivity index (χ2n) is 6.85. The number of nitrogens with one attached hydrogen (secondary N) is 3. The van der Waals surface area contributed by atoms with Crippen molar-refractivity contribution < 1.29 is 14.3 Å². The molecule has 0 aromatic heterocycles. The van der Waals surface area contributed by atoms with Crippen LogP contribution in [0, 0.1) is 0 Å². The van der Waals surface area contributed by atoms with Crippen LogP contribution in [0.25, 0.3) is 0 Å². The van der Waals surface area contributed by atoms with E-state index in [0.29, 0.717) is 18.0 Å². The fourth-order valence-corrected chi connectivity index (χ4v) is 2.82. The molecule has 2 rings (SSSR count). The minimum Gasteiger partial charge on any atom is -0.493 e. The lowest BCUT2D eigenvalue weighted by Gasteiger charge is -2.16. The average Bonchev–Trinajstić information content (AvgIpc) is 2.73. The van der Waals surface area contributed by atoms with Crippen LogP contribution >= 0.6 is 24.0 Å². The lowest BCUT2D eigenvalue weighted by Crippen LogP contribution is -2.39. The normalized spacial score (nSPS) is 11.7.